The fourth-order valence-electron chi connectivity index (χ4n) is 1.68. The lowest BCUT2D eigenvalue weighted by Crippen LogP contribution is -2.46. The second-order valence-electron chi connectivity index (χ2n) is 5.57. The molecule has 1 aromatic rings. The Morgan fingerprint density at radius 1 is 1.32 bits per heavy atom. The van der Waals surface area contributed by atoms with Gasteiger partial charge >= 0.3 is 6.09 Å². The zero-order valence-electron chi connectivity index (χ0n) is 12.1. The standard InChI is InChI=1S/C15H23NO3/c1-12(2)16(11-15(3,4)18)14(17)19-10-13-8-6-5-7-9-13/h5-9,12,18H,10-11H2,1-4H3. The predicted octanol–water partition coefficient (Wildman–Crippen LogP) is 2.80. The van der Waals surface area contributed by atoms with Gasteiger partial charge in [-0.1, -0.05) is 30.3 Å². The summed E-state index contributed by atoms with van der Waals surface area (Å²) in [5.41, 5.74) is 0.0126. The number of amides is 1. The van der Waals surface area contributed by atoms with Gasteiger partial charge in [-0.05, 0) is 33.3 Å². The summed E-state index contributed by atoms with van der Waals surface area (Å²) in [6, 6.07) is 9.52. The third-order valence-corrected chi connectivity index (χ3v) is 2.62. The van der Waals surface area contributed by atoms with Gasteiger partial charge in [0, 0.05) is 6.04 Å². The van der Waals surface area contributed by atoms with E-state index >= 15 is 0 Å². The SMILES string of the molecule is CC(C)N(CC(C)(C)O)C(=O)OCc1ccccc1. The molecule has 106 valence electrons. The molecule has 0 heterocycles. The van der Waals surface area contributed by atoms with Crippen LogP contribution in [0, 0.1) is 0 Å². The molecule has 1 aromatic carbocycles. The fraction of sp³-hybridized carbons (Fsp3) is 0.533. The molecule has 1 rings (SSSR count). The van der Waals surface area contributed by atoms with Gasteiger partial charge in [0.2, 0.25) is 0 Å². The van der Waals surface area contributed by atoms with Crippen molar-refractivity contribution in [3.05, 3.63) is 35.9 Å². The van der Waals surface area contributed by atoms with Crippen LogP contribution in [0.2, 0.25) is 0 Å². The molecule has 0 bridgehead atoms. The van der Waals surface area contributed by atoms with Crippen molar-refractivity contribution in [3.63, 3.8) is 0 Å². The van der Waals surface area contributed by atoms with Gasteiger partial charge in [-0.2, -0.15) is 0 Å². The van der Waals surface area contributed by atoms with Crippen LogP contribution in [-0.4, -0.2) is 34.3 Å². The largest absolute Gasteiger partial charge is 0.445 e. The maximum atomic E-state index is 12.0. The van der Waals surface area contributed by atoms with Crippen LogP contribution in [0.1, 0.15) is 33.3 Å². The van der Waals surface area contributed by atoms with Gasteiger partial charge in [-0.3, -0.25) is 0 Å². The van der Waals surface area contributed by atoms with Crippen molar-refractivity contribution in [2.45, 2.75) is 45.9 Å². The highest BCUT2D eigenvalue weighted by Gasteiger charge is 2.25. The van der Waals surface area contributed by atoms with Gasteiger partial charge in [0.15, 0.2) is 0 Å². The molecule has 0 aromatic heterocycles. The molecular formula is C15H23NO3. The first kappa shape index (κ1) is 15.5. The minimum absolute atomic E-state index is 0.0188. The maximum Gasteiger partial charge on any atom is 0.410 e. The Morgan fingerprint density at radius 2 is 1.89 bits per heavy atom. The average Bonchev–Trinajstić information content (AvgIpc) is 2.33. The van der Waals surface area contributed by atoms with Crippen molar-refractivity contribution < 1.29 is 14.6 Å². The summed E-state index contributed by atoms with van der Waals surface area (Å²) >= 11 is 0. The van der Waals surface area contributed by atoms with Crippen LogP contribution in [0.3, 0.4) is 0 Å². The summed E-state index contributed by atoms with van der Waals surface area (Å²) in [6.45, 7) is 7.64. The number of ether oxygens (including phenoxy) is 1. The number of aliphatic hydroxyl groups is 1. The van der Waals surface area contributed by atoms with Gasteiger partial charge in [-0.15, -0.1) is 0 Å². The summed E-state index contributed by atoms with van der Waals surface area (Å²) in [6.07, 6.45) is -0.402. The van der Waals surface area contributed by atoms with Crippen LogP contribution in [-0.2, 0) is 11.3 Å². The lowest BCUT2D eigenvalue weighted by molar-refractivity contribution is 0.0166. The molecule has 4 heteroatoms. The number of nitrogens with zero attached hydrogens (tertiary/aromatic N) is 1. The van der Waals surface area contributed by atoms with Crippen molar-refractivity contribution >= 4 is 6.09 Å². The van der Waals surface area contributed by atoms with E-state index in [2.05, 4.69) is 0 Å². The molecule has 0 spiro atoms. The Bertz CT molecular complexity index is 396. The molecular weight excluding hydrogens is 242 g/mol. The first-order valence-electron chi connectivity index (χ1n) is 6.49. The van der Waals surface area contributed by atoms with Gasteiger partial charge in [0.25, 0.3) is 0 Å². The van der Waals surface area contributed by atoms with E-state index in [9.17, 15) is 9.90 Å². The molecule has 0 aliphatic carbocycles. The van der Waals surface area contributed by atoms with Crippen LogP contribution >= 0.6 is 0 Å². The number of benzene rings is 1. The van der Waals surface area contributed by atoms with E-state index in [1.54, 1.807) is 13.8 Å². The van der Waals surface area contributed by atoms with Gasteiger partial charge in [0.05, 0.1) is 12.1 Å². The number of hydrogen-bond donors (Lipinski definition) is 1. The minimum Gasteiger partial charge on any atom is -0.445 e. The highest BCUT2D eigenvalue weighted by Crippen LogP contribution is 2.11. The zero-order chi connectivity index (χ0) is 14.5. The molecule has 0 aliphatic rings. The van der Waals surface area contributed by atoms with Crippen molar-refractivity contribution in [1.29, 1.82) is 0 Å². The quantitative estimate of drug-likeness (QED) is 0.890. The lowest BCUT2D eigenvalue weighted by Gasteiger charge is -2.31. The Kier molecular flexibility index (Phi) is 5.36. The summed E-state index contributed by atoms with van der Waals surface area (Å²) < 4.78 is 5.27. The Hall–Kier alpha value is -1.55. The molecule has 0 fully saturated rings. The molecule has 4 nitrogen and oxygen atoms in total. The Morgan fingerprint density at radius 3 is 2.37 bits per heavy atom. The van der Waals surface area contributed by atoms with Crippen molar-refractivity contribution in [2.75, 3.05) is 6.54 Å². The maximum absolute atomic E-state index is 12.0. The average molecular weight is 265 g/mol. The van der Waals surface area contributed by atoms with Crippen LogP contribution < -0.4 is 0 Å². The zero-order valence-corrected chi connectivity index (χ0v) is 12.1. The van der Waals surface area contributed by atoms with Crippen molar-refractivity contribution in [1.82, 2.24) is 4.90 Å². The second kappa shape index (κ2) is 6.57. The van der Waals surface area contributed by atoms with E-state index in [-0.39, 0.29) is 19.2 Å². The fourth-order valence-corrected chi connectivity index (χ4v) is 1.68. The van der Waals surface area contributed by atoms with Crippen LogP contribution in [0.4, 0.5) is 4.79 Å². The first-order valence-corrected chi connectivity index (χ1v) is 6.49. The van der Waals surface area contributed by atoms with Crippen molar-refractivity contribution in [2.24, 2.45) is 0 Å². The Labute approximate surface area is 115 Å². The Balaban J connectivity index is 2.58. The summed E-state index contributed by atoms with van der Waals surface area (Å²) in [5, 5.41) is 9.82. The van der Waals surface area contributed by atoms with Gasteiger partial charge < -0.3 is 14.7 Å². The third-order valence-electron chi connectivity index (χ3n) is 2.62. The highest BCUT2D eigenvalue weighted by molar-refractivity contribution is 5.68. The molecule has 0 radical (unpaired) electrons. The molecule has 1 N–H and O–H groups in total. The molecule has 0 unspecified atom stereocenters. The predicted molar refractivity (Wildman–Crippen MR) is 74.8 cm³/mol. The van der Waals surface area contributed by atoms with E-state index in [0.29, 0.717) is 0 Å². The molecule has 0 aliphatic heterocycles. The molecule has 19 heavy (non-hydrogen) atoms. The van der Waals surface area contributed by atoms with Gasteiger partial charge in [-0.25, -0.2) is 4.79 Å². The van der Waals surface area contributed by atoms with E-state index < -0.39 is 11.7 Å². The number of carbonyl (C=O) groups is 1. The smallest absolute Gasteiger partial charge is 0.410 e. The number of rotatable bonds is 5. The normalized spacial score (nSPS) is 11.5. The summed E-state index contributed by atoms with van der Waals surface area (Å²) in [4.78, 5) is 13.6. The summed E-state index contributed by atoms with van der Waals surface area (Å²) in [7, 11) is 0. The van der Waals surface area contributed by atoms with E-state index in [1.807, 2.05) is 44.2 Å². The van der Waals surface area contributed by atoms with Crippen LogP contribution in [0.5, 0.6) is 0 Å². The van der Waals surface area contributed by atoms with Crippen LogP contribution in [0.15, 0.2) is 30.3 Å². The summed E-state index contributed by atoms with van der Waals surface area (Å²) in [5.74, 6) is 0. The molecule has 0 saturated heterocycles. The monoisotopic (exact) mass is 265 g/mol. The number of carbonyl (C=O) groups excluding carboxylic acids is 1. The minimum atomic E-state index is -0.934. The topological polar surface area (TPSA) is 49.8 Å². The van der Waals surface area contributed by atoms with E-state index in [0.717, 1.165) is 5.56 Å². The van der Waals surface area contributed by atoms with Crippen LogP contribution in [0.25, 0.3) is 0 Å². The lowest BCUT2D eigenvalue weighted by atomic mass is 10.1. The first-order chi connectivity index (χ1) is 8.79. The second-order valence-corrected chi connectivity index (χ2v) is 5.57. The molecule has 0 saturated carbocycles. The number of hydrogen-bond acceptors (Lipinski definition) is 3. The highest BCUT2D eigenvalue weighted by atomic mass is 16.6. The van der Waals surface area contributed by atoms with E-state index in [1.165, 1.54) is 4.90 Å². The molecule has 1 amide bonds. The van der Waals surface area contributed by atoms with E-state index in [4.69, 9.17) is 4.74 Å². The van der Waals surface area contributed by atoms with Crippen molar-refractivity contribution in [3.8, 4) is 0 Å². The van der Waals surface area contributed by atoms with Gasteiger partial charge in [0.1, 0.15) is 6.61 Å². The third kappa shape index (κ3) is 5.75. The molecule has 0 atom stereocenters.